The largest absolute Gasteiger partial charge is 0.0610 e. The van der Waals surface area contributed by atoms with Crippen molar-refractivity contribution in [1.82, 2.24) is 0 Å². The van der Waals surface area contributed by atoms with Crippen molar-refractivity contribution in [2.24, 2.45) is 0 Å². The van der Waals surface area contributed by atoms with Crippen molar-refractivity contribution < 1.29 is 0 Å². The second-order valence-corrected chi connectivity index (χ2v) is 10.8. The van der Waals surface area contributed by atoms with Gasteiger partial charge in [-0.2, -0.15) is 0 Å². The van der Waals surface area contributed by atoms with Gasteiger partial charge in [-0.25, -0.2) is 0 Å². The van der Waals surface area contributed by atoms with E-state index in [1.54, 1.807) is 0 Å². The van der Waals surface area contributed by atoms with Crippen molar-refractivity contribution in [1.29, 1.82) is 0 Å². The zero-order chi connectivity index (χ0) is 22.9. The molecule has 0 saturated carbocycles. The molecule has 0 aliphatic carbocycles. The minimum Gasteiger partial charge on any atom is -0.0610 e. The third-order valence-electron chi connectivity index (χ3n) is 9.36. The normalized spacial score (nSPS) is 13.6. The van der Waals surface area contributed by atoms with Gasteiger partial charge < -0.3 is 0 Å². The first-order valence-corrected chi connectivity index (χ1v) is 12.8. The molecule has 0 bridgehead atoms. The number of hydrogen-bond acceptors (Lipinski definition) is 0. The lowest BCUT2D eigenvalue weighted by molar-refractivity contribution is 1.81. The zero-order valence-corrected chi connectivity index (χ0v) is 19.2. The first kappa shape index (κ1) is 16.9. The lowest BCUT2D eigenvalue weighted by Crippen LogP contribution is -1.97. The van der Waals surface area contributed by atoms with Gasteiger partial charge in [0.05, 0.1) is 0 Å². The molecule has 0 unspecified atom stereocenters. The minimum atomic E-state index is 1.34. The van der Waals surface area contributed by atoms with Crippen molar-refractivity contribution in [3.05, 3.63) is 97.1 Å². The second-order valence-electron chi connectivity index (χ2n) is 10.8. The molecule has 11 rings (SSSR count). The molecule has 0 aliphatic heterocycles. The molecule has 0 spiro atoms. The molecular formula is C36H16. The summed E-state index contributed by atoms with van der Waals surface area (Å²) in [7, 11) is 0. The van der Waals surface area contributed by atoms with Crippen LogP contribution < -0.4 is 0 Å². The topological polar surface area (TPSA) is 0 Å². The molecule has 0 nitrogen and oxygen atoms in total. The molecule has 0 N–H and O–H groups in total. The Morgan fingerprint density at radius 1 is 0.222 bits per heavy atom. The molecule has 160 valence electrons. The van der Waals surface area contributed by atoms with Crippen LogP contribution in [0.15, 0.2) is 97.1 Å². The Kier molecular flexibility index (Phi) is 2.40. The monoisotopic (exact) mass is 448 g/mol. The Labute approximate surface area is 204 Å². The summed E-state index contributed by atoms with van der Waals surface area (Å²) in [5.41, 5.74) is 0. The van der Waals surface area contributed by atoms with E-state index in [-0.39, 0.29) is 0 Å². The fraction of sp³-hybridized carbons (Fsp3) is 0. The van der Waals surface area contributed by atoms with Crippen molar-refractivity contribution in [3.63, 3.8) is 0 Å². The number of rotatable bonds is 0. The average molecular weight is 449 g/mol. The molecule has 0 aromatic heterocycles. The summed E-state index contributed by atoms with van der Waals surface area (Å²) in [5, 5.41) is 28.1. The van der Waals surface area contributed by atoms with Crippen LogP contribution in [0.25, 0.3) is 108 Å². The Hall–Kier alpha value is -4.68. The minimum absolute atomic E-state index is 1.34. The van der Waals surface area contributed by atoms with E-state index in [2.05, 4.69) is 97.1 Å². The molecule has 0 saturated heterocycles. The molecule has 0 atom stereocenters. The summed E-state index contributed by atoms with van der Waals surface area (Å²) in [6, 6.07) is 37.2. The lowest BCUT2D eigenvalue weighted by atomic mass is 9.76. The SMILES string of the molecule is c1cc2ccc3c4cccc5c6cccc7cc8ccc9ccc%10c(c1)c2c3c1c%10c9c8c(c76)c1c54. The second kappa shape index (κ2) is 5.12. The van der Waals surface area contributed by atoms with Gasteiger partial charge in [-0.15, -0.1) is 0 Å². The molecule has 11 aromatic rings. The van der Waals surface area contributed by atoms with Crippen LogP contribution in [0.5, 0.6) is 0 Å². The van der Waals surface area contributed by atoms with E-state index in [1.807, 2.05) is 0 Å². The summed E-state index contributed by atoms with van der Waals surface area (Å²) in [5.74, 6) is 0. The lowest BCUT2D eigenvalue weighted by Gasteiger charge is -2.26. The smallest absolute Gasteiger partial charge is 0.0000487 e. The van der Waals surface area contributed by atoms with Crippen LogP contribution in [-0.2, 0) is 0 Å². The van der Waals surface area contributed by atoms with Crippen LogP contribution in [0.1, 0.15) is 0 Å². The fourth-order valence-corrected chi connectivity index (χ4v) is 8.15. The van der Waals surface area contributed by atoms with Crippen molar-refractivity contribution in [2.75, 3.05) is 0 Å². The molecule has 11 aromatic carbocycles. The molecular weight excluding hydrogens is 432 g/mol. The van der Waals surface area contributed by atoms with Crippen molar-refractivity contribution in [3.8, 4) is 0 Å². The Morgan fingerprint density at radius 2 is 0.611 bits per heavy atom. The summed E-state index contributed by atoms with van der Waals surface area (Å²) in [6.07, 6.45) is 0. The summed E-state index contributed by atoms with van der Waals surface area (Å²) in [4.78, 5) is 0. The van der Waals surface area contributed by atoms with Gasteiger partial charge in [-0.05, 0) is 114 Å². The molecule has 0 amide bonds. The highest BCUT2D eigenvalue weighted by atomic mass is 14.3. The van der Waals surface area contributed by atoms with Crippen LogP contribution >= 0.6 is 0 Å². The Bertz CT molecular complexity index is 2670. The third kappa shape index (κ3) is 1.52. The highest BCUT2D eigenvalue weighted by Crippen LogP contribution is 2.56. The van der Waals surface area contributed by atoms with Gasteiger partial charge in [0.15, 0.2) is 0 Å². The molecule has 0 radical (unpaired) electrons. The maximum absolute atomic E-state index is 2.42. The first-order valence-electron chi connectivity index (χ1n) is 12.8. The van der Waals surface area contributed by atoms with E-state index in [9.17, 15) is 0 Å². The van der Waals surface area contributed by atoms with Gasteiger partial charge in [-0.3, -0.25) is 0 Å². The van der Waals surface area contributed by atoms with Gasteiger partial charge >= 0.3 is 0 Å². The van der Waals surface area contributed by atoms with Crippen LogP contribution in [0, 0.1) is 0 Å². The van der Waals surface area contributed by atoms with Crippen molar-refractivity contribution in [2.45, 2.75) is 0 Å². The van der Waals surface area contributed by atoms with Gasteiger partial charge in [0.2, 0.25) is 0 Å². The summed E-state index contributed by atoms with van der Waals surface area (Å²) < 4.78 is 0. The molecule has 0 heteroatoms. The standard InChI is InChI=1S/C36H16/c1-4-17-12-14-26-24-9-3-8-23-21-7-2-5-19-16-20-11-10-18-13-15-25-22(6-1)27(17)32(26)36-33(25)29(18)30(20)34(28(19)21)35(36)31(23)24/h1-16H. The maximum Gasteiger partial charge on any atom is -0.0000487 e. The molecule has 0 aliphatic rings. The molecule has 0 heterocycles. The maximum atomic E-state index is 2.42. The molecule has 36 heavy (non-hydrogen) atoms. The van der Waals surface area contributed by atoms with Gasteiger partial charge in [0.25, 0.3) is 0 Å². The van der Waals surface area contributed by atoms with E-state index in [0.717, 1.165) is 0 Å². The van der Waals surface area contributed by atoms with Crippen LogP contribution in [-0.4, -0.2) is 0 Å². The fourth-order valence-electron chi connectivity index (χ4n) is 8.15. The number of benzene rings is 11. The van der Waals surface area contributed by atoms with E-state index in [4.69, 9.17) is 0 Å². The van der Waals surface area contributed by atoms with Crippen LogP contribution in [0.2, 0.25) is 0 Å². The van der Waals surface area contributed by atoms with E-state index in [0.29, 0.717) is 0 Å². The predicted octanol–water partition coefficient (Wildman–Crippen LogP) is 10.4. The van der Waals surface area contributed by atoms with E-state index < -0.39 is 0 Å². The van der Waals surface area contributed by atoms with Crippen LogP contribution in [0.4, 0.5) is 0 Å². The van der Waals surface area contributed by atoms with Gasteiger partial charge in [0, 0.05) is 0 Å². The quantitative estimate of drug-likeness (QED) is 0.160. The van der Waals surface area contributed by atoms with Gasteiger partial charge in [-0.1, -0.05) is 91.0 Å². The Morgan fingerprint density at radius 3 is 1.36 bits per heavy atom. The average Bonchev–Trinajstić information content (AvgIpc) is 2.94. The highest BCUT2D eigenvalue weighted by Gasteiger charge is 2.27. The van der Waals surface area contributed by atoms with E-state index in [1.165, 1.54) is 108 Å². The third-order valence-corrected chi connectivity index (χ3v) is 9.36. The zero-order valence-electron chi connectivity index (χ0n) is 19.2. The predicted molar refractivity (Wildman–Crippen MR) is 157 cm³/mol. The van der Waals surface area contributed by atoms with Crippen molar-refractivity contribution >= 4 is 108 Å². The first-order chi connectivity index (χ1) is 17.9. The number of hydrogen-bond donors (Lipinski definition) is 0. The van der Waals surface area contributed by atoms with E-state index >= 15 is 0 Å². The van der Waals surface area contributed by atoms with Crippen LogP contribution in [0.3, 0.4) is 0 Å². The highest BCUT2D eigenvalue weighted by molar-refractivity contribution is 6.56. The number of fused-ring (bicyclic) bond motifs is 3. The van der Waals surface area contributed by atoms with Gasteiger partial charge in [0.1, 0.15) is 0 Å². The Balaban J connectivity index is 1.74. The summed E-state index contributed by atoms with van der Waals surface area (Å²) in [6.45, 7) is 0. The summed E-state index contributed by atoms with van der Waals surface area (Å²) >= 11 is 0. The molecule has 0 fully saturated rings.